The zero-order valence-electron chi connectivity index (χ0n) is 24.7. The largest absolute Gasteiger partial charge is 0.491 e. The molecule has 9 nitrogen and oxygen atoms in total. The van der Waals surface area contributed by atoms with Crippen molar-refractivity contribution in [2.75, 3.05) is 19.8 Å². The third-order valence-corrected chi connectivity index (χ3v) is 8.86. The summed E-state index contributed by atoms with van der Waals surface area (Å²) < 4.78 is 39.1. The van der Waals surface area contributed by atoms with Crippen molar-refractivity contribution in [1.82, 2.24) is 29.4 Å². The lowest BCUT2D eigenvalue weighted by atomic mass is 9.95. The van der Waals surface area contributed by atoms with Crippen LogP contribution in [0.1, 0.15) is 24.2 Å². The first-order valence-electron chi connectivity index (χ1n) is 14.2. The number of nitrogens with zero attached hydrogens (tertiary/aromatic N) is 6. The van der Waals surface area contributed by atoms with Crippen LogP contribution < -0.4 is 0 Å². The van der Waals surface area contributed by atoms with Gasteiger partial charge in [0.1, 0.15) is 29.6 Å². The number of allylic oxidation sites excluding steroid dienone is 3. The summed E-state index contributed by atoms with van der Waals surface area (Å²) in [6.45, 7) is 9.88. The van der Waals surface area contributed by atoms with Crippen molar-refractivity contribution in [3.05, 3.63) is 96.4 Å². The molecule has 5 heterocycles. The van der Waals surface area contributed by atoms with Crippen molar-refractivity contribution in [1.29, 1.82) is 0 Å². The standard InChI is InChI=1S/C33H30F2N6O3S/c1-5-28(43)40-11-12-41-27(19(40)2)17-25(38-41)32-30(29(24(35)8-10-34)20(3)44-14-13-42)33-23(9-15-45-33)31(37-32)21-6-7-26-22(16-21)18-36-39(26)4/h5-10,15-19,42H,1,3,11-14H2,2,4H3/b10-8+,29-24-/t19-/m1/s1. The Hall–Kier alpha value is -4.94. The average Bonchev–Trinajstić information content (AvgIpc) is 3.79. The Bertz CT molecular complexity index is 2040. The van der Waals surface area contributed by atoms with Crippen molar-refractivity contribution in [3.8, 4) is 22.6 Å². The Morgan fingerprint density at radius 3 is 2.82 bits per heavy atom. The van der Waals surface area contributed by atoms with E-state index < -0.39 is 5.83 Å². The predicted molar refractivity (Wildman–Crippen MR) is 171 cm³/mol. The molecule has 1 amide bonds. The molecule has 0 aliphatic carbocycles. The summed E-state index contributed by atoms with van der Waals surface area (Å²) in [5.74, 6) is -1.21. The predicted octanol–water partition coefficient (Wildman–Crippen LogP) is 6.49. The number of hydrogen-bond acceptors (Lipinski definition) is 7. The summed E-state index contributed by atoms with van der Waals surface area (Å²) in [4.78, 5) is 19.4. The number of fused-ring (bicyclic) bond motifs is 3. The smallest absolute Gasteiger partial charge is 0.246 e. The van der Waals surface area contributed by atoms with Crippen LogP contribution in [0.15, 0.2) is 85.1 Å². The molecule has 6 rings (SSSR count). The highest BCUT2D eigenvalue weighted by Crippen LogP contribution is 2.45. The van der Waals surface area contributed by atoms with Crippen molar-refractivity contribution < 1.29 is 23.4 Å². The number of halogens is 2. The maximum absolute atomic E-state index is 15.9. The molecular weight excluding hydrogens is 598 g/mol. The number of pyridine rings is 1. The minimum absolute atomic E-state index is 0.0953. The lowest BCUT2D eigenvalue weighted by molar-refractivity contribution is -0.129. The normalized spacial score (nSPS) is 15.5. The minimum atomic E-state index is -0.928. The van der Waals surface area contributed by atoms with E-state index in [0.29, 0.717) is 46.5 Å². The highest BCUT2D eigenvalue weighted by molar-refractivity contribution is 7.17. The Morgan fingerprint density at radius 2 is 2.07 bits per heavy atom. The number of carbonyl (C=O) groups excluding carboxylic acids is 1. The molecule has 1 aromatic carbocycles. The fourth-order valence-corrected chi connectivity index (χ4v) is 6.73. The Balaban J connectivity index is 1.64. The Morgan fingerprint density at radius 1 is 1.24 bits per heavy atom. The number of aryl methyl sites for hydroxylation is 1. The number of amides is 1. The Labute approximate surface area is 261 Å². The first kappa shape index (κ1) is 30.1. The first-order chi connectivity index (χ1) is 21.8. The average molecular weight is 629 g/mol. The molecular formula is C33H30F2N6O3S. The monoisotopic (exact) mass is 628 g/mol. The number of carbonyl (C=O) groups is 1. The summed E-state index contributed by atoms with van der Waals surface area (Å²) >= 11 is 1.37. The van der Waals surface area contributed by atoms with Crippen LogP contribution in [0, 0.1) is 0 Å². The van der Waals surface area contributed by atoms with Crippen molar-refractivity contribution >= 4 is 43.8 Å². The molecule has 0 unspecified atom stereocenters. The summed E-state index contributed by atoms with van der Waals surface area (Å²) in [7, 11) is 1.87. The van der Waals surface area contributed by atoms with E-state index in [1.165, 1.54) is 17.4 Å². The number of rotatable bonds is 9. The number of aliphatic hydroxyl groups is 1. The van der Waals surface area contributed by atoms with E-state index in [1.807, 2.05) is 54.4 Å². The maximum atomic E-state index is 15.9. The van der Waals surface area contributed by atoms with Gasteiger partial charge in [0, 0.05) is 46.3 Å². The molecule has 0 spiro atoms. The van der Waals surface area contributed by atoms with Gasteiger partial charge in [0.25, 0.3) is 0 Å². The number of aliphatic hydroxyl groups excluding tert-OH is 1. The summed E-state index contributed by atoms with van der Waals surface area (Å²) in [5.41, 5.74) is 4.16. The molecule has 1 aliphatic heterocycles. The van der Waals surface area contributed by atoms with E-state index in [-0.39, 0.29) is 42.8 Å². The van der Waals surface area contributed by atoms with Crippen molar-refractivity contribution in [2.24, 2.45) is 7.05 Å². The quantitative estimate of drug-likeness (QED) is 0.114. The number of benzene rings is 1. The van der Waals surface area contributed by atoms with E-state index in [4.69, 9.17) is 14.8 Å². The van der Waals surface area contributed by atoms with Crippen LogP contribution in [-0.2, 0) is 23.1 Å². The number of thiophene rings is 1. The highest BCUT2D eigenvalue weighted by atomic mass is 32.1. The van der Waals surface area contributed by atoms with Crippen LogP contribution in [0.2, 0.25) is 0 Å². The molecule has 230 valence electrons. The molecule has 0 fully saturated rings. The molecule has 0 radical (unpaired) electrons. The van der Waals surface area contributed by atoms with Crippen molar-refractivity contribution in [3.63, 3.8) is 0 Å². The van der Waals surface area contributed by atoms with Crippen LogP contribution in [0.25, 0.3) is 49.2 Å². The van der Waals surface area contributed by atoms with Gasteiger partial charge < -0.3 is 14.7 Å². The Kier molecular flexibility index (Phi) is 8.17. The minimum Gasteiger partial charge on any atom is -0.491 e. The molecule has 0 saturated heterocycles. The van der Waals surface area contributed by atoms with Gasteiger partial charge >= 0.3 is 0 Å². The molecule has 0 saturated carbocycles. The van der Waals surface area contributed by atoms with Crippen LogP contribution in [0.4, 0.5) is 8.78 Å². The summed E-state index contributed by atoms with van der Waals surface area (Å²) in [6, 6.07) is 9.35. The van der Waals surface area contributed by atoms with Gasteiger partial charge in [-0.3, -0.25) is 14.2 Å². The van der Waals surface area contributed by atoms with Gasteiger partial charge in [-0.25, -0.2) is 13.8 Å². The molecule has 1 N–H and O–H groups in total. The van der Waals surface area contributed by atoms with Gasteiger partial charge in [0.15, 0.2) is 0 Å². The second-order valence-electron chi connectivity index (χ2n) is 10.5. The van der Waals surface area contributed by atoms with Gasteiger partial charge in [-0.15, -0.1) is 11.3 Å². The second kappa shape index (κ2) is 12.2. The van der Waals surface area contributed by atoms with E-state index in [2.05, 4.69) is 18.3 Å². The zero-order valence-corrected chi connectivity index (χ0v) is 25.5. The third-order valence-electron chi connectivity index (χ3n) is 7.93. The molecule has 5 aromatic rings. The first-order valence-corrected chi connectivity index (χ1v) is 15.1. The fourth-order valence-electron chi connectivity index (χ4n) is 5.78. The van der Waals surface area contributed by atoms with Crippen molar-refractivity contribution in [2.45, 2.75) is 19.5 Å². The zero-order chi connectivity index (χ0) is 31.8. The molecule has 45 heavy (non-hydrogen) atoms. The topological polar surface area (TPSA) is 98.3 Å². The lowest BCUT2D eigenvalue weighted by Gasteiger charge is -2.33. The van der Waals surface area contributed by atoms with E-state index in [1.54, 1.807) is 15.8 Å². The summed E-state index contributed by atoms with van der Waals surface area (Å²) in [5, 5.41) is 22.2. The van der Waals surface area contributed by atoms with E-state index in [9.17, 15) is 14.3 Å². The van der Waals surface area contributed by atoms with Gasteiger partial charge in [-0.1, -0.05) is 19.2 Å². The highest BCUT2D eigenvalue weighted by Gasteiger charge is 2.31. The number of hydrogen-bond donors (Lipinski definition) is 1. The number of ether oxygens (including phenoxy) is 1. The van der Waals surface area contributed by atoms with Gasteiger partial charge in [0.05, 0.1) is 54.2 Å². The second-order valence-corrected chi connectivity index (χ2v) is 11.4. The lowest BCUT2D eigenvalue weighted by Crippen LogP contribution is -2.40. The molecule has 1 aliphatic rings. The van der Waals surface area contributed by atoms with Gasteiger partial charge in [-0.2, -0.15) is 10.2 Å². The van der Waals surface area contributed by atoms with E-state index in [0.717, 1.165) is 27.5 Å². The number of aromatic nitrogens is 5. The van der Waals surface area contributed by atoms with Crippen LogP contribution in [-0.4, -0.2) is 60.2 Å². The van der Waals surface area contributed by atoms with Crippen LogP contribution >= 0.6 is 11.3 Å². The molecule has 4 aromatic heterocycles. The molecule has 1 atom stereocenters. The third kappa shape index (κ3) is 5.25. The van der Waals surface area contributed by atoms with Crippen LogP contribution in [0.3, 0.4) is 0 Å². The fraction of sp³-hybridized carbons (Fsp3) is 0.212. The maximum Gasteiger partial charge on any atom is 0.246 e. The van der Waals surface area contributed by atoms with Gasteiger partial charge in [0.2, 0.25) is 5.91 Å². The summed E-state index contributed by atoms with van der Waals surface area (Å²) in [6.07, 6.45) is 3.86. The molecule has 12 heteroatoms. The molecule has 0 bridgehead atoms. The van der Waals surface area contributed by atoms with Gasteiger partial charge in [-0.05, 0) is 42.6 Å². The van der Waals surface area contributed by atoms with Crippen LogP contribution in [0.5, 0.6) is 0 Å². The van der Waals surface area contributed by atoms with E-state index >= 15 is 4.39 Å². The SMILES string of the molecule is C=CC(=O)N1CCn2nc(-c3nc(-c4ccc5c(cnn5C)c4)c4ccsc4c3/C(C(=C)OCCO)=C(F)/C=C/F)cc2[C@H]1C.